The zero-order valence-corrected chi connectivity index (χ0v) is 15.0. The average Bonchev–Trinajstić information content (AvgIpc) is 2.93. The maximum atomic E-state index is 12.2. The number of benzene rings is 2. The number of hydrogen-bond donors (Lipinski definition) is 3. The Bertz CT molecular complexity index is 771. The molecule has 2 amide bonds. The van der Waals surface area contributed by atoms with Gasteiger partial charge in [-0.25, -0.2) is 9.59 Å². The third-order valence-corrected chi connectivity index (χ3v) is 4.74. The molecule has 1 atom stereocenters. The second-order valence-corrected chi connectivity index (χ2v) is 7.10. The van der Waals surface area contributed by atoms with Crippen LogP contribution in [0.15, 0.2) is 48.5 Å². The molecule has 136 valence electrons. The van der Waals surface area contributed by atoms with Crippen LogP contribution in [0, 0.1) is 5.92 Å². The Morgan fingerprint density at radius 3 is 2.04 bits per heavy atom. The van der Waals surface area contributed by atoms with Gasteiger partial charge < -0.3 is 15.7 Å². The van der Waals surface area contributed by atoms with E-state index in [1.54, 1.807) is 0 Å². The first kappa shape index (κ1) is 18.0. The molecule has 5 nitrogen and oxygen atoms in total. The highest BCUT2D eigenvalue weighted by molar-refractivity contribution is 5.83. The van der Waals surface area contributed by atoms with E-state index in [-0.39, 0.29) is 11.8 Å². The fourth-order valence-electron chi connectivity index (χ4n) is 3.58. The van der Waals surface area contributed by atoms with Gasteiger partial charge in [0, 0.05) is 12.5 Å². The molecule has 0 unspecified atom stereocenters. The number of nitrogens with one attached hydrogen (secondary N) is 2. The molecule has 0 saturated heterocycles. The molecule has 2 aromatic rings. The van der Waals surface area contributed by atoms with Crippen LogP contribution in [0.25, 0.3) is 11.1 Å². The summed E-state index contributed by atoms with van der Waals surface area (Å²) in [7, 11) is 0. The van der Waals surface area contributed by atoms with E-state index in [1.165, 1.54) is 22.3 Å². The summed E-state index contributed by atoms with van der Waals surface area (Å²) in [5.74, 6) is -0.753. The van der Waals surface area contributed by atoms with Gasteiger partial charge in [0.1, 0.15) is 6.04 Å². The summed E-state index contributed by atoms with van der Waals surface area (Å²) in [4.78, 5) is 23.6. The molecule has 0 aromatic heterocycles. The Hall–Kier alpha value is -2.82. The van der Waals surface area contributed by atoms with E-state index in [0.29, 0.717) is 13.0 Å². The van der Waals surface area contributed by atoms with Crippen molar-refractivity contribution in [3.8, 4) is 11.1 Å². The monoisotopic (exact) mass is 352 g/mol. The third-order valence-electron chi connectivity index (χ3n) is 4.74. The molecule has 2 aromatic carbocycles. The van der Waals surface area contributed by atoms with Gasteiger partial charge in [-0.05, 0) is 34.6 Å². The van der Waals surface area contributed by atoms with Crippen molar-refractivity contribution in [1.82, 2.24) is 10.6 Å². The highest BCUT2D eigenvalue weighted by atomic mass is 16.4. The minimum Gasteiger partial charge on any atom is -0.480 e. The van der Waals surface area contributed by atoms with E-state index in [2.05, 4.69) is 34.9 Å². The predicted molar refractivity (Wildman–Crippen MR) is 101 cm³/mol. The lowest BCUT2D eigenvalue weighted by Gasteiger charge is -2.19. The number of carbonyl (C=O) groups excluding carboxylic acids is 1. The van der Waals surface area contributed by atoms with E-state index < -0.39 is 18.0 Å². The predicted octanol–water partition coefficient (Wildman–Crippen LogP) is 3.60. The second kappa shape index (κ2) is 7.60. The van der Waals surface area contributed by atoms with Crippen LogP contribution in [0.4, 0.5) is 4.79 Å². The number of carbonyl (C=O) groups is 2. The highest BCUT2D eigenvalue weighted by Gasteiger charge is 2.28. The van der Waals surface area contributed by atoms with Crippen molar-refractivity contribution >= 4 is 12.0 Å². The van der Waals surface area contributed by atoms with Gasteiger partial charge in [-0.1, -0.05) is 62.4 Å². The van der Waals surface area contributed by atoms with E-state index in [4.69, 9.17) is 0 Å². The van der Waals surface area contributed by atoms with Crippen molar-refractivity contribution in [1.29, 1.82) is 0 Å². The number of carboxylic acid groups (broad SMARTS) is 1. The van der Waals surface area contributed by atoms with Crippen LogP contribution in [0.1, 0.15) is 37.3 Å². The quantitative estimate of drug-likeness (QED) is 0.743. The van der Waals surface area contributed by atoms with Gasteiger partial charge in [-0.2, -0.15) is 0 Å². The molecule has 0 aliphatic heterocycles. The molecule has 0 fully saturated rings. The molecule has 5 heteroatoms. The van der Waals surface area contributed by atoms with Gasteiger partial charge in [0.25, 0.3) is 0 Å². The summed E-state index contributed by atoms with van der Waals surface area (Å²) in [6.07, 6.45) is 0.401. The van der Waals surface area contributed by atoms with Crippen LogP contribution >= 0.6 is 0 Å². The minimum absolute atomic E-state index is 0.0709. The molecule has 3 rings (SSSR count). The van der Waals surface area contributed by atoms with Crippen molar-refractivity contribution in [3.05, 3.63) is 59.7 Å². The maximum absolute atomic E-state index is 12.2. The molecule has 1 aliphatic rings. The Morgan fingerprint density at radius 1 is 1.00 bits per heavy atom. The standard InChI is InChI=1S/C21H24N2O3/c1-13(2)11-19(20(24)25)23-21(26)22-12-18-16-9-5-3-7-14(16)15-8-4-6-10-17(15)18/h3-10,13,18-19H,11-12H2,1-2H3,(H,24,25)(H2,22,23,26)/t19-/m0/s1. The smallest absolute Gasteiger partial charge is 0.326 e. The van der Waals surface area contributed by atoms with E-state index in [0.717, 1.165) is 0 Å². The topological polar surface area (TPSA) is 78.4 Å². The summed E-state index contributed by atoms with van der Waals surface area (Å²) < 4.78 is 0. The summed E-state index contributed by atoms with van der Waals surface area (Å²) in [5.41, 5.74) is 4.76. The van der Waals surface area contributed by atoms with Crippen LogP contribution in [0.5, 0.6) is 0 Å². The van der Waals surface area contributed by atoms with Gasteiger partial charge in [-0.3, -0.25) is 0 Å². The average molecular weight is 352 g/mol. The molecule has 0 heterocycles. The molecule has 1 aliphatic carbocycles. The highest BCUT2D eigenvalue weighted by Crippen LogP contribution is 2.43. The van der Waals surface area contributed by atoms with Crippen LogP contribution in [0.2, 0.25) is 0 Å². The van der Waals surface area contributed by atoms with Gasteiger partial charge in [0.15, 0.2) is 0 Å². The Kier molecular flexibility index (Phi) is 5.26. The number of fused-ring (bicyclic) bond motifs is 3. The normalized spacial score (nSPS) is 13.8. The molecule has 0 saturated carbocycles. The Morgan fingerprint density at radius 2 is 1.54 bits per heavy atom. The third kappa shape index (κ3) is 3.72. The molecule has 0 spiro atoms. The van der Waals surface area contributed by atoms with Crippen molar-refractivity contribution in [2.75, 3.05) is 6.54 Å². The zero-order valence-electron chi connectivity index (χ0n) is 15.0. The molecule has 26 heavy (non-hydrogen) atoms. The number of amides is 2. The number of carboxylic acids is 1. The Labute approximate surface area is 153 Å². The first-order valence-electron chi connectivity index (χ1n) is 8.92. The molecule has 0 bridgehead atoms. The molecular weight excluding hydrogens is 328 g/mol. The van der Waals surface area contributed by atoms with E-state index >= 15 is 0 Å². The van der Waals surface area contributed by atoms with E-state index in [9.17, 15) is 14.7 Å². The summed E-state index contributed by atoms with van der Waals surface area (Å²) in [5, 5.41) is 14.7. The number of rotatable bonds is 6. The van der Waals surface area contributed by atoms with Crippen LogP contribution in [-0.4, -0.2) is 29.7 Å². The summed E-state index contributed by atoms with van der Waals surface area (Å²) in [6.45, 7) is 4.29. The van der Waals surface area contributed by atoms with Crippen molar-refractivity contribution in [3.63, 3.8) is 0 Å². The largest absolute Gasteiger partial charge is 0.480 e. The van der Waals surface area contributed by atoms with Crippen molar-refractivity contribution in [2.45, 2.75) is 32.2 Å². The van der Waals surface area contributed by atoms with Crippen LogP contribution < -0.4 is 10.6 Å². The number of aliphatic carboxylic acids is 1. The number of hydrogen-bond acceptors (Lipinski definition) is 2. The minimum atomic E-state index is -1.01. The van der Waals surface area contributed by atoms with Crippen LogP contribution in [0.3, 0.4) is 0 Å². The molecular formula is C21H24N2O3. The van der Waals surface area contributed by atoms with Gasteiger partial charge in [0.05, 0.1) is 0 Å². The lowest BCUT2D eigenvalue weighted by molar-refractivity contribution is -0.139. The lowest BCUT2D eigenvalue weighted by atomic mass is 9.97. The van der Waals surface area contributed by atoms with Crippen molar-refractivity contribution < 1.29 is 14.7 Å². The fourth-order valence-corrected chi connectivity index (χ4v) is 3.58. The SMILES string of the molecule is CC(C)C[C@H](NC(=O)NCC1c2ccccc2-c2ccccc21)C(=O)O. The van der Waals surface area contributed by atoms with Crippen LogP contribution in [-0.2, 0) is 4.79 Å². The first-order valence-corrected chi connectivity index (χ1v) is 8.92. The fraction of sp³-hybridized carbons (Fsp3) is 0.333. The maximum Gasteiger partial charge on any atom is 0.326 e. The Balaban J connectivity index is 1.70. The summed E-state index contributed by atoms with van der Waals surface area (Å²) in [6, 6.07) is 15.1. The second-order valence-electron chi connectivity index (χ2n) is 7.10. The summed E-state index contributed by atoms with van der Waals surface area (Å²) >= 11 is 0. The first-order chi connectivity index (χ1) is 12.5. The van der Waals surface area contributed by atoms with Gasteiger partial charge in [-0.15, -0.1) is 0 Å². The number of urea groups is 1. The zero-order chi connectivity index (χ0) is 18.7. The van der Waals surface area contributed by atoms with E-state index in [1.807, 2.05) is 38.1 Å². The lowest BCUT2D eigenvalue weighted by Crippen LogP contribution is -2.47. The van der Waals surface area contributed by atoms with Gasteiger partial charge in [0.2, 0.25) is 0 Å². The van der Waals surface area contributed by atoms with Gasteiger partial charge >= 0.3 is 12.0 Å². The molecule has 0 radical (unpaired) electrons. The van der Waals surface area contributed by atoms with Crippen molar-refractivity contribution in [2.24, 2.45) is 5.92 Å². The molecule has 3 N–H and O–H groups in total.